The summed E-state index contributed by atoms with van der Waals surface area (Å²) in [4.78, 5) is 17.2. The first-order valence-corrected chi connectivity index (χ1v) is 11.4. The van der Waals surface area contributed by atoms with Crippen LogP contribution in [-0.2, 0) is 24.3 Å². The summed E-state index contributed by atoms with van der Waals surface area (Å²) < 4.78 is 11.2. The van der Waals surface area contributed by atoms with E-state index in [2.05, 4.69) is 45.0 Å². The Hall–Kier alpha value is -2.60. The quantitative estimate of drug-likeness (QED) is 0.342. The van der Waals surface area contributed by atoms with Crippen LogP contribution in [0.4, 0.5) is 0 Å². The molecule has 3 rings (SSSR count). The van der Waals surface area contributed by atoms with Crippen LogP contribution in [0.2, 0.25) is 0 Å². The Labute approximate surface area is 221 Å². The molecule has 0 bridgehead atoms. The van der Waals surface area contributed by atoms with Gasteiger partial charge < -0.3 is 15.2 Å². The Morgan fingerprint density at radius 2 is 1.66 bits per heavy atom. The summed E-state index contributed by atoms with van der Waals surface area (Å²) in [6, 6.07) is 13.9. The van der Waals surface area contributed by atoms with Gasteiger partial charge in [-0.05, 0) is 61.4 Å². The standard InChI is InChI=1S/C28H34N2O3.2ClH/c1-17(2)14-25-23(15-29)26(21-12-10-18(3)11-13-21)24(20(5)30-25)16-33-27-19(4)8-7-9-22(27)28(31)32-6;;/h7-13,17H,14-16,29H2,1-6H3;2*1H. The first-order valence-electron chi connectivity index (χ1n) is 11.4. The van der Waals surface area contributed by atoms with E-state index in [0.29, 0.717) is 23.8 Å². The molecule has 1 heterocycles. The molecule has 0 unspecified atom stereocenters. The minimum atomic E-state index is -0.419. The van der Waals surface area contributed by atoms with E-state index < -0.39 is 5.97 Å². The van der Waals surface area contributed by atoms with Crippen molar-refractivity contribution >= 4 is 30.8 Å². The lowest BCUT2D eigenvalue weighted by Gasteiger charge is -2.22. The number of hydrogen-bond donors (Lipinski definition) is 1. The number of nitrogens with two attached hydrogens (primary N) is 1. The molecule has 2 N–H and O–H groups in total. The number of methoxy groups -OCH3 is 1. The molecule has 0 saturated heterocycles. The first-order chi connectivity index (χ1) is 15.8. The van der Waals surface area contributed by atoms with Gasteiger partial charge in [-0.3, -0.25) is 4.98 Å². The molecule has 0 fully saturated rings. The Kier molecular flexibility index (Phi) is 11.7. The van der Waals surface area contributed by atoms with E-state index in [1.165, 1.54) is 12.7 Å². The second-order valence-electron chi connectivity index (χ2n) is 8.88. The highest BCUT2D eigenvalue weighted by Crippen LogP contribution is 2.34. The normalized spacial score (nSPS) is 10.4. The van der Waals surface area contributed by atoms with Gasteiger partial charge in [0.25, 0.3) is 0 Å². The van der Waals surface area contributed by atoms with Crippen molar-refractivity contribution < 1.29 is 14.3 Å². The highest BCUT2D eigenvalue weighted by atomic mass is 35.5. The third-order valence-electron chi connectivity index (χ3n) is 5.82. The summed E-state index contributed by atoms with van der Waals surface area (Å²) in [5.74, 6) is 0.571. The van der Waals surface area contributed by atoms with E-state index >= 15 is 0 Å². The van der Waals surface area contributed by atoms with E-state index in [1.807, 2.05) is 26.0 Å². The van der Waals surface area contributed by atoms with Gasteiger partial charge in [-0.1, -0.05) is 55.8 Å². The lowest BCUT2D eigenvalue weighted by Crippen LogP contribution is -2.15. The van der Waals surface area contributed by atoms with Crippen LogP contribution >= 0.6 is 24.8 Å². The number of benzene rings is 2. The molecule has 2 aromatic carbocycles. The largest absolute Gasteiger partial charge is 0.488 e. The SMILES string of the molecule is COC(=O)c1cccc(C)c1OCc1c(C)nc(CC(C)C)c(CN)c1-c1ccc(C)cc1.Cl.Cl. The molecule has 0 aliphatic heterocycles. The van der Waals surface area contributed by atoms with Crippen molar-refractivity contribution in [2.75, 3.05) is 7.11 Å². The molecule has 0 amide bonds. The van der Waals surface area contributed by atoms with Gasteiger partial charge in [-0.25, -0.2) is 4.79 Å². The second-order valence-corrected chi connectivity index (χ2v) is 8.88. The summed E-state index contributed by atoms with van der Waals surface area (Å²) in [6.07, 6.45) is 0.859. The number of ether oxygens (including phenoxy) is 2. The number of aryl methyl sites for hydroxylation is 3. The van der Waals surface area contributed by atoms with Crippen molar-refractivity contribution in [2.24, 2.45) is 11.7 Å². The molecular weight excluding hydrogens is 483 g/mol. The van der Waals surface area contributed by atoms with E-state index in [0.717, 1.165) is 45.6 Å². The number of halogens is 2. The summed E-state index contributed by atoms with van der Waals surface area (Å²) in [7, 11) is 1.37. The number of nitrogens with zero attached hydrogens (tertiary/aromatic N) is 1. The number of carbonyl (C=O) groups is 1. The van der Waals surface area contributed by atoms with E-state index in [4.69, 9.17) is 20.2 Å². The first kappa shape index (κ1) is 30.4. The van der Waals surface area contributed by atoms with Crippen molar-refractivity contribution in [2.45, 2.75) is 54.2 Å². The maximum Gasteiger partial charge on any atom is 0.341 e. The van der Waals surface area contributed by atoms with Crippen molar-refractivity contribution in [3.63, 3.8) is 0 Å². The zero-order chi connectivity index (χ0) is 24.1. The molecule has 190 valence electrons. The molecule has 0 radical (unpaired) electrons. The lowest BCUT2D eigenvalue weighted by molar-refractivity contribution is 0.0595. The van der Waals surface area contributed by atoms with Crippen LogP contribution in [0, 0.1) is 26.7 Å². The molecule has 0 aliphatic carbocycles. The van der Waals surface area contributed by atoms with Gasteiger partial charge in [-0.2, -0.15) is 0 Å². The summed E-state index contributed by atoms with van der Waals surface area (Å²) >= 11 is 0. The number of esters is 1. The van der Waals surface area contributed by atoms with Gasteiger partial charge in [0.05, 0.1) is 7.11 Å². The molecule has 0 aliphatic rings. The fraction of sp³-hybridized carbons (Fsp3) is 0.357. The number of pyridine rings is 1. The van der Waals surface area contributed by atoms with Gasteiger partial charge in [0.1, 0.15) is 17.9 Å². The number of para-hydroxylation sites is 1. The molecule has 7 heteroatoms. The monoisotopic (exact) mass is 518 g/mol. The highest BCUT2D eigenvalue weighted by molar-refractivity contribution is 5.93. The minimum absolute atomic E-state index is 0. The van der Waals surface area contributed by atoms with Gasteiger partial charge in [0, 0.05) is 23.5 Å². The molecule has 0 spiro atoms. The van der Waals surface area contributed by atoms with Crippen LogP contribution in [-0.4, -0.2) is 18.1 Å². The van der Waals surface area contributed by atoms with Crippen LogP contribution in [0.1, 0.15) is 57.8 Å². The van der Waals surface area contributed by atoms with Gasteiger partial charge in [-0.15, -0.1) is 24.8 Å². The van der Waals surface area contributed by atoms with E-state index in [-0.39, 0.29) is 31.4 Å². The van der Waals surface area contributed by atoms with Gasteiger partial charge in [0.2, 0.25) is 0 Å². The molecule has 0 atom stereocenters. The van der Waals surface area contributed by atoms with Crippen molar-refractivity contribution in [1.29, 1.82) is 0 Å². The fourth-order valence-corrected chi connectivity index (χ4v) is 4.12. The second kappa shape index (κ2) is 13.5. The molecule has 1 aromatic heterocycles. The zero-order valence-corrected chi connectivity index (χ0v) is 22.9. The topological polar surface area (TPSA) is 74.4 Å². The van der Waals surface area contributed by atoms with Crippen LogP contribution in [0.15, 0.2) is 42.5 Å². The Balaban J connectivity index is 0.00000306. The predicted molar refractivity (Wildman–Crippen MR) is 147 cm³/mol. The molecular formula is C28H36Cl2N2O3. The number of rotatable bonds is 8. The summed E-state index contributed by atoms with van der Waals surface area (Å²) in [5.41, 5.74) is 14.9. The number of carbonyl (C=O) groups excluding carboxylic acids is 1. The third kappa shape index (κ3) is 6.97. The van der Waals surface area contributed by atoms with Gasteiger partial charge >= 0.3 is 5.97 Å². The van der Waals surface area contributed by atoms with Crippen molar-refractivity contribution in [3.05, 3.63) is 81.7 Å². The molecule has 3 aromatic rings. The Bertz CT molecular complexity index is 1150. The van der Waals surface area contributed by atoms with Crippen molar-refractivity contribution in [1.82, 2.24) is 4.98 Å². The van der Waals surface area contributed by atoms with Crippen LogP contribution in [0.5, 0.6) is 5.75 Å². The predicted octanol–water partition coefficient (Wildman–Crippen LogP) is 6.54. The number of hydrogen-bond acceptors (Lipinski definition) is 5. The molecule has 35 heavy (non-hydrogen) atoms. The molecule has 5 nitrogen and oxygen atoms in total. The van der Waals surface area contributed by atoms with Gasteiger partial charge in [0.15, 0.2) is 0 Å². The van der Waals surface area contributed by atoms with E-state index in [9.17, 15) is 4.79 Å². The Morgan fingerprint density at radius 1 is 1.00 bits per heavy atom. The summed E-state index contributed by atoms with van der Waals surface area (Å²) in [5, 5.41) is 0. The third-order valence-corrected chi connectivity index (χ3v) is 5.82. The lowest BCUT2D eigenvalue weighted by atomic mass is 9.90. The molecule has 0 saturated carbocycles. The fourth-order valence-electron chi connectivity index (χ4n) is 4.12. The maximum atomic E-state index is 12.3. The van der Waals surface area contributed by atoms with Crippen LogP contribution in [0.3, 0.4) is 0 Å². The number of aromatic nitrogens is 1. The average Bonchev–Trinajstić information content (AvgIpc) is 2.78. The summed E-state index contributed by atoms with van der Waals surface area (Å²) in [6.45, 7) is 11.0. The van der Waals surface area contributed by atoms with E-state index in [1.54, 1.807) is 6.07 Å². The van der Waals surface area contributed by atoms with Crippen LogP contribution < -0.4 is 10.5 Å². The highest BCUT2D eigenvalue weighted by Gasteiger charge is 2.21. The maximum absolute atomic E-state index is 12.3. The zero-order valence-electron chi connectivity index (χ0n) is 21.3. The average molecular weight is 520 g/mol. The Morgan fingerprint density at radius 3 is 2.23 bits per heavy atom. The smallest absolute Gasteiger partial charge is 0.341 e. The van der Waals surface area contributed by atoms with Crippen LogP contribution in [0.25, 0.3) is 11.1 Å². The van der Waals surface area contributed by atoms with Crippen molar-refractivity contribution in [3.8, 4) is 16.9 Å². The minimum Gasteiger partial charge on any atom is -0.488 e.